The zero-order chi connectivity index (χ0) is 19.8. The molecular weight excluding hydrogens is 354 g/mol. The van der Waals surface area contributed by atoms with Gasteiger partial charge in [0.15, 0.2) is 5.96 Å². The number of hydrogen-bond donors (Lipinski definition) is 2. The lowest BCUT2D eigenvalue weighted by Crippen LogP contribution is -2.38. The Balaban J connectivity index is 1.75. The molecule has 1 saturated heterocycles. The van der Waals surface area contributed by atoms with E-state index in [9.17, 15) is 0 Å². The Bertz CT molecular complexity index is 784. The second-order valence-electron chi connectivity index (χ2n) is 6.91. The van der Waals surface area contributed by atoms with Gasteiger partial charge in [0.05, 0.1) is 20.3 Å². The van der Waals surface area contributed by atoms with Gasteiger partial charge in [-0.2, -0.15) is 0 Å². The van der Waals surface area contributed by atoms with E-state index in [1.807, 2.05) is 43.3 Å². The third-order valence-corrected chi connectivity index (χ3v) is 5.12. The van der Waals surface area contributed by atoms with Crippen LogP contribution >= 0.6 is 0 Å². The highest BCUT2D eigenvalue weighted by molar-refractivity contribution is 5.92. The Labute approximate surface area is 166 Å². The van der Waals surface area contributed by atoms with Crippen LogP contribution in [0.25, 0.3) is 0 Å². The Morgan fingerprint density at radius 3 is 2.57 bits per heavy atom. The van der Waals surface area contributed by atoms with E-state index >= 15 is 0 Å². The highest BCUT2D eigenvalue weighted by Gasteiger charge is 2.34. The van der Waals surface area contributed by atoms with Crippen LogP contribution in [-0.2, 0) is 10.2 Å². The number of benzene rings is 2. The molecule has 1 heterocycles. The van der Waals surface area contributed by atoms with Crippen molar-refractivity contribution in [3.63, 3.8) is 0 Å². The molecule has 1 aliphatic rings. The van der Waals surface area contributed by atoms with Crippen molar-refractivity contribution in [2.45, 2.75) is 25.2 Å². The molecule has 0 amide bonds. The molecule has 6 nitrogen and oxygen atoms in total. The summed E-state index contributed by atoms with van der Waals surface area (Å²) in [5, 5.41) is 3.15. The summed E-state index contributed by atoms with van der Waals surface area (Å²) in [6.45, 7) is 4.71. The minimum absolute atomic E-state index is 0.0797. The van der Waals surface area contributed by atoms with Crippen molar-refractivity contribution >= 4 is 11.6 Å². The lowest BCUT2D eigenvalue weighted by molar-refractivity contribution is 0.0531. The van der Waals surface area contributed by atoms with E-state index in [4.69, 9.17) is 19.9 Å². The molecule has 0 unspecified atom stereocenters. The normalized spacial score (nSPS) is 16.4. The summed E-state index contributed by atoms with van der Waals surface area (Å²) >= 11 is 0. The molecule has 0 aromatic heterocycles. The topological polar surface area (TPSA) is 78.1 Å². The van der Waals surface area contributed by atoms with Crippen molar-refractivity contribution in [3.8, 4) is 11.5 Å². The van der Waals surface area contributed by atoms with E-state index in [2.05, 4.69) is 22.4 Å². The second-order valence-corrected chi connectivity index (χ2v) is 6.91. The summed E-state index contributed by atoms with van der Waals surface area (Å²) < 4.78 is 16.4. The first-order valence-electron chi connectivity index (χ1n) is 9.67. The van der Waals surface area contributed by atoms with Crippen LogP contribution in [-0.4, -0.2) is 39.4 Å². The Morgan fingerprint density at radius 1 is 1.14 bits per heavy atom. The monoisotopic (exact) mass is 383 g/mol. The van der Waals surface area contributed by atoms with Crippen molar-refractivity contribution in [2.75, 3.05) is 38.8 Å². The van der Waals surface area contributed by atoms with Crippen LogP contribution in [0.3, 0.4) is 0 Å². The number of hydrogen-bond acceptors (Lipinski definition) is 4. The zero-order valence-electron chi connectivity index (χ0n) is 16.6. The Morgan fingerprint density at radius 2 is 1.89 bits per heavy atom. The number of aliphatic imine (C=N–C) groups is 1. The fourth-order valence-corrected chi connectivity index (χ4v) is 3.50. The lowest BCUT2D eigenvalue weighted by Gasteiger charge is -2.36. The van der Waals surface area contributed by atoms with E-state index in [1.165, 1.54) is 5.56 Å². The summed E-state index contributed by atoms with van der Waals surface area (Å²) in [5.41, 5.74) is 8.18. The maximum atomic E-state index is 6.16. The first-order valence-corrected chi connectivity index (χ1v) is 9.67. The highest BCUT2D eigenvalue weighted by Crippen LogP contribution is 2.36. The molecule has 0 radical (unpaired) electrons. The van der Waals surface area contributed by atoms with Crippen molar-refractivity contribution in [1.29, 1.82) is 0 Å². The first kappa shape index (κ1) is 20.0. The van der Waals surface area contributed by atoms with Gasteiger partial charge in [0.1, 0.15) is 11.5 Å². The van der Waals surface area contributed by atoms with Gasteiger partial charge in [-0.05, 0) is 49.6 Å². The van der Waals surface area contributed by atoms with Crippen molar-refractivity contribution < 1.29 is 14.2 Å². The summed E-state index contributed by atoms with van der Waals surface area (Å²) in [5.74, 6) is 2.05. The number of anilines is 1. The fourth-order valence-electron chi connectivity index (χ4n) is 3.50. The smallest absolute Gasteiger partial charge is 0.193 e. The predicted molar refractivity (Wildman–Crippen MR) is 112 cm³/mol. The third kappa shape index (κ3) is 4.95. The molecule has 0 spiro atoms. The quantitative estimate of drug-likeness (QED) is 0.565. The molecule has 1 aliphatic heterocycles. The maximum Gasteiger partial charge on any atom is 0.193 e. The summed E-state index contributed by atoms with van der Waals surface area (Å²) in [4.78, 5) is 4.66. The van der Waals surface area contributed by atoms with Gasteiger partial charge in [0.25, 0.3) is 0 Å². The summed E-state index contributed by atoms with van der Waals surface area (Å²) in [6.07, 6.45) is 1.83. The number of rotatable bonds is 7. The molecule has 0 bridgehead atoms. The number of nitrogens with zero attached hydrogens (tertiary/aromatic N) is 1. The summed E-state index contributed by atoms with van der Waals surface area (Å²) in [7, 11) is 1.64. The molecule has 6 heteroatoms. The van der Waals surface area contributed by atoms with Crippen molar-refractivity contribution in [2.24, 2.45) is 10.7 Å². The molecule has 0 atom stereocenters. The van der Waals surface area contributed by atoms with Crippen LogP contribution < -0.4 is 20.5 Å². The van der Waals surface area contributed by atoms with Crippen LogP contribution in [0.4, 0.5) is 5.69 Å². The van der Waals surface area contributed by atoms with E-state index < -0.39 is 0 Å². The molecule has 1 fully saturated rings. The zero-order valence-corrected chi connectivity index (χ0v) is 16.6. The van der Waals surface area contributed by atoms with Crippen molar-refractivity contribution in [3.05, 3.63) is 54.1 Å². The molecule has 3 N–H and O–H groups in total. The molecule has 28 heavy (non-hydrogen) atoms. The van der Waals surface area contributed by atoms with Gasteiger partial charge in [-0.15, -0.1) is 0 Å². The van der Waals surface area contributed by atoms with Crippen LogP contribution in [0.2, 0.25) is 0 Å². The lowest BCUT2D eigenvalue weighted by atomic mass is 9.74. The molecule has 0 saturated carbocycles. The molecular formula is C22H29N3O3. The number of methoxy groups -OCH3 is 1. The highest BCUT2D eigenvalue weighted by atomic mass is 16.5. The average molecular weight is 383 g/mol. The third-order valence-electron chi connectivity index (χ3n) is 5.12. The number of guanidine groups is 1. The van der Waals surface area contributed by atoms with Gasteiger partial charge < -0.3 is 25.3 Å². The first-order chi connectivity index (χ1) is 13.6. The van der Waals surface area contributed by atoms with Gasteiger partial charge >= 0.3 is 0 Å². The van der Waals surface area contributed by atoms with Gasteiger partial charge in [-0.3, -0.25) is 4.99 Å². The van der Waals surface area contributed by atoms with Gasteiger partial charge in [-0.25, -0.2) is 0 Å². The number of nitrogens with one attached hydrogen (secondary N) is 1. The Hall–Kier alpha value is -2.73. The minimum Gasteiger partial charge on any atom is -0.497 e. The van der Waals surface area contributed by atoms with Gasteiger partial charge in [0.2, 0.25) is 0 Å². The van der Waals surface area contributed by atoms with E-state index in [0.717, 1.165) is 43.2 Å². The number of nitrogens with two attached hydrogens (primary N) is 1. The molecule has 2 aromatic carbocycles. The van der Waals surface area contributed by atoms with Gasteiger partial charge in [0, 0.05) is 30.4 Å². The molecule has 3 rings (SSSR count). The van der Waals surface area contributed by atoms with E-state index in [0.29, 0.717) is 19.1 Å². The van der Waals surface area contributed by atoms with E-state index in [1.54, 1.807) is 7.11 Å². The van der Waals surface area contributed by atoms with Crippen LogP contribution in [0.5, 0.6) is 11.5 Å². The van der Waals surface area contributed by atoms with Crippen LogP contribution in [0.15, 0.2) is 53.5 Å². The second kappa shape index (κ2) is 9.46. The standard InChI is InChI=1S/C22H29N3O3/c1-3-28-19-9-7-17(8-10-19)22(11-13-27-14-12-22)16-24-21(23)25-18-5-4-6-20(15-18)26-2/h4-10,15H,3,11-14,16H2,1-2H3,(H3,23,24,25). The fraction of sp³-hybridized carbons (Fsp3) is 0.409. The average Bonchev–Trinajstić information content (AvgIpc) is 2.74. The molecule has 150 valence electrons. The van der Waals surface area contributed by atoms with Gasteiger partial charge in [-0.1, -0.05) is 18.2 Å². The van der Waals surface area contributed by atoms with E-state index in [-0.39, 0.29) is 5.41 Å². The largest absolute Gasteiger partial charge is 0.497 e. The van der Waals surface area contributed by atoms with Crippen molar-refractivity contribution in [1.82, 2.24) is 0 Å². The predicted octanol–water partition coefficient (Wildman–Crippen LogP) is 3.57. The SMILES string of the molecule is CCOc1ccc(C2(CN=C(N)Nc3cccc(OC)c3)CCOCC2)cc1. The maximum absolute atomic E-state index is 6.16. The van der Waals surface area contributed by atoms with Crippen LogP contribution in [0, 0.1) is 0 Å². The Kier molecular flexibility index (Phi) is 6.76. The molecule has 2 aromatic rings. The number of ether oxygens (including phenoxy) is 3. The minimum atomic E-state index is -0.0797. The molecule has 0 aliphatic carbocycles. The van der Waals surface area contributed by atoms with Crippen LogP contribution in [0.1, 0.15) is 25.3 Å². The summed E-state index contributed by atoms with van der Waals surface area (Å²) in [6, 6.07) is 15.9.